The van der Waals surface area contributed by atoms with E-state index in [2.05, 4.69) is 11.4 Å². The summed E-state index contributed by atoms with van der Waals surface area (Å²) in [5, 5.41) is 24.0. The van der Waals surface area contributed by atoms with Crippen LogP contribution < -0.4 is 5.32 Å². The fourth-order valence-electron chi connectivity index (χ4n) is 4.43. The summed E-state index contributed by atoms with van der Waals surface area (Å²) in [7, 11) is 0. The van der Waals surface area contributed by atoms with Crippen LogP contribution in [-0.2, 0) is 13.1 Å². The van der Waals surface area contributed by atoms with E-state index in [1.807, 2.05) is 59.3 Å². The van der Waals surface area contributed by atoms with Gasteiger partial charge in [-0.2, -0.15) is 5.26 Å². The molecule has 2 N–H and O–H groups in total. The number of aromatic carboxylic acids is 1. The maximum Gasteiger partial charge on any atom is 0.335 e. The SMILES string of the molecule is N#C/C(=C\c1cn(Cc2ccc(F)cc2)c2cc(Cl)ccc12)c1cccc(NCc2ccc(C(=O)O)cc2)c1. The smallest absolute Gasteiger partial charge is 0.335 e. The van der Waals surface area contributed by atoms with Gasteiger partial charge in [0.05, 0.1) is 22.7 Å². The molecule has 0 aliphatic carbocycles. The van der Waals surface area contributed by atoms with Crippen molar-refractivity contribution in [2.75, 3.05) is 5.32 Å². The van der Waals surface area contributed by atoms with Crippen LogP contribution >= 0.6 is 11.6 Å². The molecule has 0 radical (unpaired) electrons. The zero-order chi connectivity index (χ0) is 27.4. The predicted octanol–water partition coefficient (Wildman–Crippen LogP) is 7.86. The number of hydrogen-bond acceptors (Lipinski definition) is 3. The van der Waals surface area contributed by atoms with Crippen LogP contribution in [0.4, 0.5) is 10.1 Å². The van der Waals surface area contributed by atoms with Crippen molar-refractivity contribution in [3.63, 3.8) is 0 Å². The van der Waals surface area contributed by atoms with Crippen molar-refractivity contribution < 1.29 is 14.3 Å². The molecule has 0 atom stereocenters. The number of halogens is 2. The standard InChI is InChI=1S/C32H23ClFN3O2/c33-27-10-13-30-26(20-37(31(30)16-27)19-22-6-11-28(34)12-7-22)14-25(17-35)24-2-1-3-29(15-24)36-18-21-4-8-23(9-5-21)32(38)39/h1-16,20,36H,18-19H2,(H,38,39)/b25-14+. The molecule has 39 heavy (non-hydrogen) atoms. The number of anilines is 1. The van der Waals surface area contributed by atoms with Gasteiger partial charge in [-0.25, -0.2) is 9.18 Å². The highest BCUT2D eigenvalue weighted by Gasteiger charge is 2.11. The second-order valence-electron chi connectivity index (χ2n) is 9.11. The zero-order valence-corrected chi connectivity index (χ0v) is 21.5. The molecule has 192 valence electrons. The molecule has 0 spiro atoms. The number of allylic oxidation sites excluding steroid dienone is 1. The second kappa shape index (κ2) is 11.3. The van der Waals surface area contributed by atoms with Crippen molar-refractivity contribution in [3.05, 3.63) is 136 Å². The molecule has 5 rings (SSSR count). The third-order valence-corrected chi connectivity index (χ3v) is 6.67. The third kappa shape index (κ3) is 6.01. The van der Waals surface area contributed by atoms with E-state index in [1.54, 1.807) is 36.4 Å². The third-order valence-electron chi connectivity index (χ3n) is 6.43. The van der Waals surface area contributed by atoms with Crippen LogP contribution in [0.2, 0.25) is 5.02 Å². The Bertz CT molecular complexity index is 1730. The molecular weight excluding hydrogens is 513 g/mol. The molecule has 0 unspecified atom stereocenters. The number of fused-ring (bicyclic) bond motifs is 1. The van der Waals surface area contributed by atoms with Crippen LogP contribution in [-0.4, -0.2) is 15.6 Å². The largest absolute Gasteiger partial charge is 0.478 e. The molecule has 0 saturated carbocycles. The molecule has 0 amide bonds. The van der Waals surface area contributed by atoms with Gasteiger partial charge < -0.3 is 15.0 Å². The maximum atomic E-state index is 13.4. The topological polar surface area (TPSA) is 78.0 Å². The van der Waals surface area contributed by atoms with E-state index >= 15 is 0 Å². The number of nitrogens with one attached hydrogen (secondary N) is 1. The molecule has 4 aromatic carbocycles. The van der Waals surface area contributed by atoms with Crippen LogP contribution in [0.3, 0.4) is 0 Å². The van der Waals surface area contributed by atoms with E-state index in [1.165, 1.54) is 12.1 Å². The van der Waals surface area contributed by atoms with Gasteiger partial charge in [-0.05, 0) is 71.3 Å². The summed E-state index contributed by atoms with van der Waals surface area (Å²) in [6.45, 7) is 1.03. The lowest BCUT2D eigenvalue weighted by atomic mass is 10.0. The van der Waals surface area contributed by atoms with Gasteiger partial charge in [0.15, 0.2) is 0 Å². The summed E-state index contributed by atoms with van der Waals surface area (Å²) < 4.78 is 15.4. The molecule has 0 fully saturated rings. The minimum absolute atomic E-state index is 0.242. The van der Waals surface area contributed by atoms with Crippen molar-refractivity contribution >= 4 is 45.8 Å². The number of nitrogens with zero attached hydrogens (tertiary/aromatic N) is 2. The number of hydrogen-bond donors (Lipinski definition) is 2. The van der Waals surface area contributed by atoms with Gasteiger partial charge in [-0.15, -0.1) is 0 Å². The predicted molar refractivity (Wildman–Crippen MR) is 153 cm³/mol. The highest BCUT2D eigenvalue weighted by Crippen LogP contribution is 2.30. The lowest BCUT2D eigenvalue weighted by Gasteiger charge is -2.09. The highest BCUT2D eigenvalue weighted by atomic mass is 35.5. The number of aromatic nitrogens is 1. The molecule has 0 bridgehead atoms. The molecule has 1 heterocycles. The van der Waals surface area contributed by atoms with Gasteiger partial charge in [-0.3, -0.25) is 0 Å². The number of carbonyl (C=O) groups is 1. The van der Waals surface area contributed by atoms with Crippen LogP contribution in [0.25, 0.3) is 22.6 Å². The monoisotopic (exact) mass is 535 g/mol. The van der Waals surface area contributed by atoms with Gasteiger partial charge in [0.2, 0.25) is 0 Å². The van der Waals surface area contributed by atoms with Gasteiger partial charge in [-0.1, -0.05) is 54.1 Å². The van der Waals surface area contributed by atoms with E-state index < -0.39 is 5.97 Å². The van der Waals surface area contributed by atoms with Crippen LogP contribution in [0.15, 0.2) is 97.2 Å². The Morgan fingerprint density at radius 2 is 1.72 bits per heavy atom. The first kappa shape index (κ1) is 25.8. The highest BCUT2D eigenvalue weighted by molar-refractivity contribution is 6.31. The van der Waals surface area contributed by atoms with E-state index in [-0.39, 0.29) is 11.4 Å². The molecule has 5 aromatic rings. The lowest BCUT2D eigenvalue weighted by molar-refractivity contribution is 0.0697. The van der Waals surface area contributed by atoms with Crippen LogP contribution in [0.5, 0.6) is 0 Å². The van der Waals surface area contributed by atoms with Crippen LogP contribution in [0, 0.1) is 17.1 Å². The Morgan fingerprint density at radius 3 is 2.44 bits per heavy atom. The van der Waals surface area contributed by atoms with Crippen molar-refractivity contribution in [1.29, 1.82) is 5.26 Å². The summed E-state index contributed by atoms with van der Waals surface area (Å²) in [4.78, 5) is 11.1. The van der Waals surface area contributed by atoms with Crippen molar-refractivity contribution in [1.82, 2.24) is 4.57 Å². The van der Waals surface area contributed by atoms with Crippen molar-refractivity contribution in [3.8, 4) is 6.07 Å². The molecule has 1 aromatic heterocycles. The van der Waals surface area contributed by atoms with Gasteiger partial charge >= 0.3 is 5.97 Å². The Kier molecular flexibility index (Phi) is 7.44. The minimum Gasteiger partial charge on any atom is -0.478 e. The molecule has 7 heteroatoms. The van der Waals surface area contributed by atoms with E-state index in [0.717, 1.165) is 38.8 Å². The van der Waals surface area contributed by atoms with Gasteiger partial charge in [0, 0.05) is 40.9 Å². The van der Waals surface area contributed by atoms with E-state index in [9.17, 15) is 14.4 Å². The Morgan fingerprint density at radius 1 is 0.974 bits per heavy atom. The summed E-state index contributed by atoms with van der Waals surface area (Å²) in [6.07, 6.45) is 3.84. The number of carboxylic acid groups (broad SMARTS) is 1. The summed E-state index contributed by atoms with van der Waals surface area (Å²) >= 11 is 6.30. The number of benzene rings is 4. The Hall–Kier alpha value is -4.86. The van der Waals surface area contributed by atoms with Gasteiger partial charge in [0.1, 0.15) is 5.82 Å². The Balaban J connectivity index is 1.42. The van der Waals surface area contributed by atoms with E-state index in [4.69, 9.17) is 16.7 Å². The summed E-state index contributed by atoms with van der Waals surface area (Å²) in [6, 6.07) is 28.6. The minimum atomic E-state index is -0.959. The molecule has 0 aliphatic heterocycles. The van der Waals surface area contributed by atoms with Gasteiger partial charge in [0.25, 0.3) is 0 Å². The normalized spacial score (nSPS) is 11.4. The first-order valence-electron chi connectivity index (χ1n) is 12.2. The first-order chi connectivity index (χ1) is 18.9. The second-order valence-corrected chi connectivity index (χ2v) is 9.54. The quantitative estimate of drug-likeness (QED) is 0.198. The molecule has 5 nitrogen and oxygen atoms in total. The van der Waals surface area contributed by atoms with Crippen molar-refractivity contribution in [2.24, 2.45) is 0 Å². The van der Waals surface area contributed by atoms with Crippen molar-refractivity contribution in [2.45, 2.75) is 13.1 Å². The average Bonchev–Trinajstić information content (AvgIpc) is 3.27. The Labute approximate surface area is 230 Å². The lowest BCUT2D eigenvalue weighted by Crippen LogP contribution is -2.01. The molecule has 0 saturated heterocycles. The molecular formula is C32H23ClFN3O2. The number of nitriles is 1. The molecule has 0 aliphatic rings. The number of rotatable bonds is 8. The average molecular weight is 536 g/mol. The number of carboxylic acids is 1. The first-order valence-corrected chi connectivity index (χ1v) is 12.6. The van der Waals surface area contributed by atoms with E-state index in [0.29, 0.717) is 23.7 Å². The maximum absolute atomic E-state index is 13.4. The van der Waals surface area contributed by atoms with Crippen LogP contribution in [0.1, 0.15) is 32.6 Å². The zero-order valence-electron chi connectivity index (χ0n) is 20.7. The fraction of sp³-hybridized carbons (Fsp3) is 0.0625. The fourth-order valence-corrected chi connectivity index (χ4v) is 4.59. The summed E-state index contributed by atoms with van der Waals surface area (Å²) in [5.74, 6) is -1.24. The summed E-state index contributed by atoms with van der Waals surface area (Å²) in [5.41, 5.74) is 6.01.